The van der Waals surface area contributed by atoms with Crippen LogP contribution in [0.25, 0.3) is 11.0 Å². The second-order valence-electron chi connectivity index (χ2n) is 7.04. The number of aliphatic hydroxyl groups excluding tert-OH is 1. The molecule has 5 heteroatoms. The van der Waals surface area contributed by atoms with Crippen LogP contribution < -0.4 is 10.4 Å². The van der Waals surface area contributed by atoms with E-state index in [4.69, 9.17) is 9.15 Å². The van der Waals surface area contributed by atoms with Gasteiger partial charge in [-0.1, -0.05) is 31.7 Å². The Labute approximate surface area is 145 Å². The molecule has 25 heavy (non-hydrogen) atoms. The van der Waals surface area contributed by atoms with Crippen LogP contribution >= 0.6 is 0 Å². The standard InChI is InChI=1S/C20H22O5/c1-6-19(5)10-20(23,17(21)11(2)3)25-16-14-12(4)8-7-9-13(14)24-18(22)15(16)19/h6-9,17,21,23H,1-2,10H2,3-5H3/t17-,19-,20+/m0/s1. The number of ether oxygens (including phenoxy) is 1. The van der Waals surface area contributed by atoms with Crippen LogP contribution in [-0.2, 0) is 5.41 Å². The first-order chi connectivity index (χ1) is 11.6. The zero-order valence-corrected chi connectivity index (χ0v) is 14.6. The highest BCUT2D eigenvalue weighted by molar-refractivity contribution is 5.88. The van der Waals surface area contributed by atoms with E-state index in [1.54, 1.807) is 32.1 Å². The van der Waals surface area contributed by atoms with Gasteiger partial charge in [-0.3, -0.25) is 0 Å². The molecule has 2 aromatic rings. The Bertz CT molecular complexity index is 941. The molecule has 0 saturated carbocycles. The molecule has 0 fully saturated rings. The molecule has 5 nitrogen and oxygen atoms in total. The Morgan fingerprint density at radius 2 is 2.12 bits per heavy atom. The van der Waals surface area contributed by atoms with Gasteiger partial charge in [0.1, 0.15) is 17.4 Å². The van der Waals surface area contributed by atoms with E-state index in [0.29, 0.717) is 22.1 Å². The Kier molecular flexibility index (Phi) is 3.89. The molecule has 1 aromatic carbocycles. The second-order valence-corrected chi connectivity index (χ2v) is 7.04. The molecule has 0 saturated heterocycles. The quantitative estimate of drug-likeness (QED) is 0.662. The molecule has 1 aliphatic heterocycles. The predicted molar refractivity (Wildman–Crippen MR) is 95.8 cm³/mol. The highest BCUT2D eigenvalue weighted by Gasteiger charge is 2.51. The van der Waals surface area contributed by atoms with Gasteiger partial charge in [-0.15, -0.1) is 6.58 Å². The molecule has 0 radical (unpaired) electrons. The molecule has 2 N–H and O–H groups in total. The van der Waals surface area contributed by atoms with Crippen molar-refractivity contribution < 1.29 is 19.4 Å². The van der Waals surface area contributed by atoms with Gasteiger partial charge in [0.25, 0.3) is 0 Å². The van der Waals surface area contributed by atoms with Crippen molar-refractivity contribution in [2.45, 2.75) is 44.5 Å². The molecule has 0 unspecified atom stereocenters. The number of hydrogen-bond acceptors (Lipinski definition) is 5. The van der Waals surface area contributed by atoms with E-state index in [1.807, 2.05) is 13.0 Å². The van der Waals surface area contributed by atoms with Crippen LogP contribution in [0.5, 0.6) is 5.75 Å². The minimum absolute atomic E-state index is 0.0489. The highest BCUT2D eigenvalue weighted by atomic mass is 16.6. The number of aryl methyl sites for hydroxylation is 1. The molecule has 1 aromatic heterocycles. The third kappa shape index (κ3) is 2.51. The summed E-state index contributed by atoms with van der Waals surface area (Å²) in [7, 11) is 0. The predicted octanol–water partition coefficient (Wildman–Crippen LogP) is 2.95. The molecular formula is C20H22O5. The summed E-state index contributed by atoms with van der Waals surface area (Å²) in [5.74, 6) is -1.70. The van der Waals surface area contributed by atoms with Crippen molar-refractivity contribution in [3.8, 4) is 5.75 Å². The summed E-state index contributed by atoms with van der Waals surface area (Å²) >= 11 is 0. The maximum atomic E-state index is 12.6. The van der Waals surface area contributed by atoms with E-state index in [1.165, 1.54) is 0 Å². The largest absolute Gasteiger partial charge is 0.458 e. The lowest BCUT2D eigenvalue weighted by molar-refractivity contribution is -0.212. The maximum absolute atomic E-state index is 12.6. The van der Waals surface area contributed by atoms with Crippen LogP contribution in [0.2, 0.25) is 0 Å². The lowest BCUT2D eigenvalue weighted by Crippen LogP contribution is -2.55. The monoisotopic (exact) mass is 342 g/mol. The lowest BCUT2D eigenvalue weighted by Gasteiger charge is -2.44. The molecule has 0 amide bonds. The first-order valence-corrected chi connectivity index (χ1v) is 8.08. The fourth-order valence-electron chi connectivity index (χ4n) is 3.52. The molecule has 0 aliphatic carbocycles. The average Bonchev–Trinajstić information content (AvgIpc) is 2.53. The highest BCUT2D eigenvalue weighted by Crippen LogP contribution is 2.48. The van der Waals surface area contributed by atoms with Crippen molar-refractivity contribution in [1.82, 2.24) is 0 Å². The Morgan fingerprint density at radius 3 is 2.72 bits per heavy atom. The number of hydrogen-bond donors (Lipinski definition) is 2. The zero-order valence-electron chi connectivity index (χ0n) is 14.6. The van der Waals surface area contributed by atoms with Crippen LogP contribution in [0.4, 0.5) is 0 Å². The van der Waals surface area contributed by atoms with Crippen molar-refractivity contribution in [3.05, 3.63) is 64.6 Å². The third-order valence-corrected chi connectivity index (χ3v) is 4.91. The fraction of sp³-hybridized carbons (Fsp3) is 0.350. The minimum Gasteiger partial charge on any atom is -0.458 e. The first kappa shape index (κ1) is 17.5. The van der Waals surface area contributed by atoms with Gasteiger partial charge in [-0.2, -0.15) is 0 Å². The van der Waals surface area contributed by atoms with Crippen LogP contribution in [0, 0.1) is 6.92 Å². The first-order valence-electron chi connectivity index (χ1n) is 8.08. The van der Waals surface area contributed by atoms with Crippen molar-refractivity contribution in [1.29, 1.82) is 0 Å². The normalized spacial score (nSPS) is 26.6. The van der Waals surface area contributed by atoms with Crippen molar-refractivity contribution in [3.63, 3.8) is 0 Å². The van der Waals surface area contributed by atoms with Crippen molar-refractivity contribution in [2.24, 2.45) is 0 Å². The summed E-state index contributed by atoms with van der Waals surface area (Å²) < 4.78 is 11.3. The average molecular weight is 342 g/mol. The molecule has 2 heterocycles. The second kappa shape index (κ2) is 5.58. The van der Waals surface area contributed by atoms with Gasteiger partial charge in [0.05, 0.1) is 10.9 Å². The van der Waals surface area contributed by atoms with Gasteiger partial charge in [0.2, 0.25) is 5.79 Å². The van der Waals surface area contributed by atoms with Crippen LogP contribution in [0.15, 0.2) is 52.2 Å². The van der Waals surface area contributed by atoms with Crippen LogP contribution in [0.1, 0.15) is 31.4 Å². The molecule has 1 aliphatic rings. The summed E-state index contributed by atoms with van der Waals surface area (Å²) in [5, 5.41) is 22.1. The molecule has 0 spiro atoms. The van der Waals surface area contributed by atoms with Crippen molar-refractivity contribution >= 4 is 11.0 Å². The smallest absolute Gasteiger partial charge is 0.344 e. The van der Waals surface area contributed by atoms with E-state index in [0.717, 1.165) is 5.56 Å². The van der Waals surface area contributed by atoms with Gasteiger partial charge in [0, 0.05) is 11.8 Å². The van der Waals surface area contributed by atoms with Crippen molar-refractivity contribution in [2.75, 3.05) is 0 Å². The van der Waals surface area contributed by atoms with Gasteiger partial charge >= 0.3 is 5.63 Å². The Hall–Kier alpha value is -2.37. The van der Waals surface area contributed by atoms with E-state index >= 15 is 0 Å². The van der Waals surface area contributed by atoms with Crippen LogP contribution in [0.3, 0.4) is 0 Å². The van der Waals surface area contributed by atoms with Gasteiger partial charge in [-0.25, -0.2) is 4.79 Å². The number of fused-ring (bicyclic) bond motifs is 3. The summed E-state index contributed by atoms with van der Waals surface area (Å²) in [6.07, 6.45) is 0.212. The topological polar surface area (TPSA) is 79.9 Å². The van der Waals surface area contributed by atoms with E-state index < -0.39 is 22.9 Å². The summed E-state index contributed by atoms with van der Waals surface area (Å²) in [4.78, 5) is 12.6. The van der Waals surface area contributed by atoms with Gasteiger partial charge in [-0.05, 0) is 31.1 Å². The Morgan fingerprint density at radius 1 is 1.44 bits per heavy atom. The molecule has 0 bridgehead atoms. The zero-order chi connectivity index (χ0) is 18.6. The molecule has 132 valence electrons. The number of aliphatic hydroxyl groups is 2. The number of benzene rings is 1. The number of rotatable bonds is 3. The van der Waals surface area contributed by atoms with E-state index in [9.17, 15) is 15.0 Å². The fourth-order valence-corrected chi connectivity index (χ4v) is 3.52. The van der Waals surface area contributed by atoms with Gasteiger partial charge in [0.15, 0.2) is 0 Å². The SMILES string of the molecule is C=C[C@@]1(C)C[C@](O)([C@@H](O)C(=C)C)Oc2c1c(=O)oc1cccc(C)c21. The van der Waals surface area contributed by atoms with Gasteiger partial charge < -0.3 is 19.4 Å². The maximum Gasteiger partial charge on any atom is 0.344 e. The minimum atomic E-state index is -1.93. The summed E-state index contributed by atoms with van der Waals surface area (Å²) in [6.45, 7) is 12.8. The summed E-state index contributed by atoms with van der Waals surface area (Å²) in [6, 6.07) is 5.30. The summed E-state index contributed by atoms with van der Waals surface area (Å²) in [5.41, 5.74) is 0.379. The lowest BCUT2D eigenvalue weighted by atomic mass is 9.73. The third-order valence-electron chi connectivity index (χ3n) is 4.91. The molecule has 3 atom stereocenters. The van der Waals surface area contributed by atoms with E-state index in [-0.39, 0.29) is 12.2 Å². The van der Waals surface area contributed by atoms with Crippen LogP contribution in [-0.4, -0.2) is 22.1 Å². The Balaban J connectivity index is 2.40. The molecule has 3 rings (SSSR count). The van der Waals surface area contributed by atoms with E-state index in [2.05, 4.69) is 13.2 Å². The molecular weight excluding hydrogens is 320 g/mol. The number of allylic oxidation sites excluding steroid dienone is 1.